The van der Waals surface area contributed by atoms with Crippen LogP contribution in [0.1, 0.15) is 11.3 Å². The predicted molar refractivity (Wildman–Crippen MR) is 46.2 cm³/mol. The second-order valence-corrected chi connectivity index (χ2v) is 5.17. The first-order valence-corrected chi connectivity index (χ1v) is 5.73. The number of hydrogen-bond acceptors (Lipinski definition) is 3. The average molecular weight is 229 g/mol. The highest BCUT2D eigenvalue weighted by Gasteiger charge is 2.22. The van der Waals surface area contributed by atoms with Gasteiger partial charge in [0, 0.05) is 16.2 Å². The van der Waals surface area contributed by atoms with Gasteiger partial charge in [0.05, 0.1) is 5.02 Å². The number of aryl methyl sites for hydroxylation is 1. The van der Waals surface area contributed by atoms with Crippen molar-refractivity contribution in [2.75, 3.05) is 0 Å². The van der Waals surface area contributed by atoms with Gasteiger partial charge in [0.25, 0.3) is 9.05 Å². The Morgan fingerprint density at radius 1 is 1.33 bits per heavy atom. The lowest BCUT2D eigenvalue weighted by Crippen LogP contribution is -1.89. The van der Waals surface area contributed by atoms with Crippen LogP contribution in [0.25, 0.3) is 0 Å². The fourth-order valence-corrected chi connectivity index (χ4v) is 2.16. The van der Waals surface area contributed by atoms with Crippen LogP contribution in [-0.2, 0) is 9.05 Å². The van der Waals surface area contributed by atoms with Gasteiger partial charge >= 0.3 is 0 Å². The van der Waals surface area contributed by atoms with Crippen molar-refractivity contribution >= 4 is 31.3 Å². The average Bonchev–Trinajstić information content (AvgIpc) is 2.15. The molecule has 0 atom stereocenters. The molecule has 0 aliphatic rings. The molecule has 1 heterocycles. The van der Waals surface area contributed by atoms with Crippen LogP contribution in [0, 0.1) is 13.8 Å². The van der Waals surface area contributed by atoms with E-state index in [0.717, 1.165) is 0 Å². The van der Waals surface area contributed by atoms with Gasteiger partial charge in [-0.2, -0.15) is 0 Å². The number of halogens is 2. The molecule has 0 saturated heterocycles. The van der Waals surface area contributed by atoms with E-state index in [4.69, 9.17) is 26.7 Å². The lowest BCUT2D eigenvalue weighted by molar-refractivity contribution is 0.429. The molecule has 1 rings (SSSR count). The second-order valence-electron chi connectivity index (χ2n) is 2.32. The third-order valence-electron chi connectivity index (χ3n) is 1.41. The maximum atomic E-state index is 10.8. The van der Waals surface area contributed by atoms with Crippen molar-refractivity contribution in [2.24, 2.45) is 0 Å². The summed E-state index contributed by atoms with van der Waals surface area (Å²) in [5, 5.41) is 0.0286. The maximum Gasteiger partial charge on any atom is 0.294 e. The zero-order chi connectivity index (χ0) is 9.52. The van der Waals surface area contributed by atoms with Gasteiger partial charge in [0.15, 0.2) is 0 Å². The van der Waals surface area contributed by atoms with Crippen molar-refractivity contribution in [3.8, 4) is 0 Å². The molecule has 68 valence electrons. The van der Waals surface area contributed by atoms with Gasteiger partial charge in [-0.15, -0.1) is 0 Å². The summed E-state index contributed by atoms with van der Waals surface area (Å²) >= 11 is 5.69. The first-order valence-electron chi connectivity index (χ1n) is 3.04. The molecule has 0 unspecified atom stereocenters. The Bertz CT molecular complexity index is 405. The van der Waals surface area contributed by atoms with Crippen molar-refractivity contribution in [2.45, 2.75) is 18.9 Å². The topological polar surface area (TPSA) is 47.3 Å². The zero-order valence-corrected chi connectivity index (χ0v) is 8.72. The molecule has 12 heavy (non-hydrogen) atoms. The van der Waals surface area contributed by atoms with E-state index in [0.29, 0.717) is 16.3 Å². The van der Waals surface area contributed by atoms with Crippen molar-refractivity contribution in [3.63, 3.8) is 0 Å². The van der Waals surface area contributed by atoms with Crippen LogP contribution in [0.3, 0.4) is 0 Å². The Morgan fingerprint density at radius 3 is 2.00 bits per heavy atom. The SMILES string of the molecule is Cc1oc(S(=O)(=O)Cl)c(C)c1Cl. The number of furan rings is 1. The van der Waals surface area contributed by atoms with Crippen LogP contribution in [0.4, 0.5) is 0 Å². The molecule has 0 radical (unpaired) electrons. The molecule has 0 fully saturated rings. The second kappa shape index (κ2) is 2.94. The molecule has 0 aliphatic heterocycles. The quantitative estimate of drug-likeness (QED) is 0.695. The van der Waals surface area contributed by atoms with E-state index in [1.807, 2.05) is 0 Å². The molecule has 0 N–H and O–H groups in total. The Morgan fingerprint density at radius 2 is 1.83 bits per heavy atom. The molecule has 1 aromatic heterocycles. The predicted octanol–water partition coefficient (Wildman–Crippen LogP) is 2.48. The molecule has 0 saturated carbocycles. The minimum atomic E-state index is -3.81. The smallest absolute Gasteiger partial charge is 0.294 e. The summed E-state index contributed by atoms with van der Waals surface area (Å²) in [7, 11) is 1.25. The van der Waals surface area contributed by atoms with Crippen molar-refractivity contribution < 1.29 is 12.8 Å². The summed E-state index contributed by atoms with van der Waals surface area (Å²) in [5.74, 6) is 0.355. The fraction of sp³-hybridized carbons (Fsp3) is 0.333. The van der Waals surface area contributed by atoms with E-state index < -0.39 is 9.05 Å². The zero-order valence-electron chi connectivity index (χ0n) is 6.39. The van der Waals surface area contributed by atoms with Gasteiger partial charge in [-0.05, 0) is 13.8 Å². The van der Waals surface area contributed by atoms with E-state index in [1.54, 1.807) is 6.92 Å². The Hall–Kier alpha value is -0.190. The van der Waals surface area contributed by atoms with Crippen molar-refractivity contribution in [1.82, 2.24) is 0 Å². The molecule has 3 nitrogen and oxygen atoms in total. The Kier molecular flexibility index (Phi) is 2.42. The molecule has 0 spiro atoms. The van der Waals surface area contributed by atoms with E-state index in [-0.39, 0.29) is 5.09 Å². The summed E-state index contributed by atoms with van der Waals surface area (Å²) in [6.07, 6.45) is 0. The van der Waals surface area contributed by atoms with Crippen LogP contribution in [-0.4, -0.2) is 8.42 Å². The van der Waals surface area contributed by atoms with E-state index in [1.165, 1.54) is 6.92 Å². The van der Waals surface area contributed by atoms with Gasteiger partial charge < -0.3 is 4.42 Å². The van der Waals surface area contributed by atoms with Gasteiger partial charge in [-0.3, -0.25) is 0 Å². The normalized spacial score (nSPS) is 12.0. The Balaban J connectivity index is 3.48. The third-order valence-corrected chi connectivity index (χ3v) is 3.21. The molecular weight excluding hydrogens is 223 g/mol. The molecule has 1 aromatic rings. The summed E-state index contributed by atoms with van der Waals surface area (Å²) in [6.45, 7) is 3.11. The van der Waals surface area contributed by atoms with Crippen LogP contribution in [0.15, 0.2) is 9.51 Å². The van der Waals surface area contributed by atoms with Gasteiger partial charge in [0.1, 0.15) is 5.76 Å². The van der Waals surface area contributed by atoms with Gasteiger partial charge in [0.2, 0.25) is 5.09 Å². The summed E-state index contributed by atoms with van der Waals surface area (Å²) in [5.41, 5.74) is 0.351. The molecule has 0 aliphatic carbocycles. The van der Waals surface area contributed by atoms with Gasteiger partial charge in [-0.1, -0.05) is 11.6 Å². The monoisotopic (exact) mass is 228 g/mol. The summed E-state index contributed by atoms with van der Waals surface area (Å²) in [4.78, 5) is 0. The first kappa shape index (κ1) is 9.89. The van der Waals surface area contributed by atoms with Crippen LogP contribution in [0.5, 0.6) is 0 Å². The highest BCUT2D eigenvalue weighted by atomic mass is 35.7. The third kappa shape index (κ3) is 1.60. The largest absolute Gasteiger partial charge is 0.447 e. The molecule has 0 amide bonds. The maximum absolute atomic E-state index is 10.8. The lowest BCUT2D eigenvalue weighted by Gasteiger charge is -1.89. The summed E-state index contributed by atoms with van der Waals surface area (Å²) < 4.78 is 26.5. The van der Waals surface area contributed by atoms with Crippen molar-refractivity contribution in [1.29, 1.82) is 0 Å². The lowest BCUT2D eigenvalue weighted by atomic mass is 10.3. The highest BCUT2D eigenvalue weighted by molar-refractivity contribution is 8.13. The minimum absolute atomic E-state index is 0.272. The molecule has 0 aromatic carbocycles. The highest BCUT2D eigenvalue weighted by Crippen LogP contribution is 2.31. The number of hydrogen-bond donors (Lipinski definition) is 0. The Labute approximate surface area is 79.7 Å². The first-order chi connectivity index (χ1) is 5.34. The van der Waals surface area contributed by atoms with E-state index in [2.05, 4.69) is 0 Å². The molecule has 0 bridgehead atoms. The van der Waals surface area contributed by atoms with E-state index in [9.17, 15) is 8.42 Å². The summed E-state index contributed by atoms with van der Waals surface area (Å²) in [6, 6.07) is 0. The molecule has 6 heteroatoms. The molecular formula is C6H6Cl2O3S. The van der Waals surface area contributed by atoms with E-state index >= 15 is 0 Å². The minimum Gasteiger partial charge on any atom is -0.447 e. The van der Waals surface area contributed by atoms with Crippen LogP contribution >= 0.6 is 22.3 Å². The van der Waals surface area contributed by atoms with Gasteiger partial charge in [-0.25, -0.2) is 8.42 Å². The van der Waals surface area contributed by atoms with Crippen LogP contribution in [0.2, 0.25) is 5.02 Å². The van der Waals surface area contributed by atoms with Crippen molar-refractivity contribution in [3.05, 3.63) is 16.3 Å². The standard InChI is InChI=1S/C6H6Cl2O3S/c1-3-5(7)4(2)11-6(3)12(8,9)10/h1-2H3. The number of rotatable bonds is 1. The van der Waals surface area contributed by atoms with Crippen LogP contribution < -0.4 is 0 Å². The fourth-order valence-electron chi connectivity index (χ4n) is 0.847.